The van der Waals surface area contributed by atoms with Crippen LogP contribution in [0.15, 0.2) is 23.4 Å². The fourth-order valence-electron chi connectivity index (χ4n) is 2.13. The number of amides is 1. The van der Waals surface area contributed by atoms with Crippen LogP contribution in [0.1, 0.15) is 36.8 Å². The minimum atomic E-state index is -0.488. The number of nitrogens with two attached hydrogens (primary N) is 1. The standard InChI is InChI=1S/C14H18FN3O2/c15-12-7-10(14(16)18-20)4-5-11(12)8-17-13(19)6-9-2-1-3-9/h4-5,7,9,20H,1-3,6,8H2,(H2,16,18)(H,17,19). The maximum Gasteiger partial charge on any atom is 0.220 e. The third kappa shape index (κ3) is 3.46. The lowest BCUT2D eigenvalue weighted by Crippen LogP contribution is -2.27. The Morgan fingerprint density at radius 3 is 2.80 bits per heavy atom. The van der Waals surface area contributed by atoms with Crippen molar-refractivity contribution >= 4 is 11.7 Å². The lowest BCUT2D eigenvalue weighted by Gasteiger charge is -2.24. The third-order valence-corrected chi connectivity index (χ3v) is 3.63. The number of halogens is 1. The lowest BCUT2D eigenvalue weighted by molar-refractivity contribution is -0.122. The summed E-state index contributed by atoms with van der Waals surface area (Å²) in [6, 6.07) is 4.25. The van der Waals surface area contributed by atoms with Crippen molar-refractivity contribution in [2.45, 2.75) is 32.2 Å². The van der Waals surface area contributed by atoms with Gasteiger partial charge in [-0.3, -0.25) is 4.79 Å². The molecule has 0 saturated heterocycles. The Morgan fingerprint density at radius 1 is 1.50 bits per heavy atom. The molecule has 0 spiro atoms. The maximum atomic E-state index is 13.8. The van der Waals surface area contributed by atoms with Crippen molar-refractivity contribution in [3.8, 4) is 0 Å². The highest BCUT2D eigenvalue weighted by molar-refractivity contribution is 5.97. The molecule has 2 rings (SSSR count). The highest BCUT2D eigenvalue weighted by atomic mass is 19.1. The molecule has 0 heterocycles. The number of hydrogen-bond acceptors (Lipinski definition) is 3. The molecule has 6 heteroatoms. The topological polar surface area (TPSA) is 87.7 Å². The summed E-state index contributed by atoms with van der Waals surface area (Å²) in [6.45, 7) is 0.147. The van der Waals surface area contributed by atoms with Crippen molar-refractivity contribution in [1.29, 1.82) is 0 Å². The Bertz CT molecular complexity index is 527. The molecule has 0 aromatic heterocycles. The highest BCUT2D eigenvalue weighted by Gasteiger charge is 2.20. The van der Waals surface area contributed by atoms with E-state index in [1.807, 2.05) is 0 Å². The minimum Gasteiger partial charge on any atom is -0.409 e. The molecule has 0 atom stereocenters. The monoisotopic (exact) mass is 279 g/mol. The number of carbonyl (C=O) groups excluding carboxylic acids is 1. The Labute approximate surface area is 116 Å². The summed E-state index contributed by atoms with van der Waals surface area (Å²) in [4.78, 5) is 11.6. The van der Waals surface area contributed by atoms with E-state index in [-0.39, 0.29) is 18.3 Å². The number of benzene rings is 1. The van der Waals surface area contributed by atoms with E-state index in [4.69, 9.17) is 10.9 Å². The molecule has 1 aromatic carbocycles. The molecule has 1 amide bonds. The van der Waals surface area contributed by atoms with E-state index in [0.717, 1.165) is 12.8 Å². The van der Waals surface area contributed by atoms with E-state index >= 15 is 0 Å². The fourth-order valence-corrected chi connectivity index (χ4v) is 2.13. The molecule has 1 fully saturated rings. The van der Waals surface area contributed by atoms with E-state index < -0.39 is 5.82 Å². The minimum absolute atomic E-state index is 0.0467. The first-order chi connectivity index (χ1) is 9.60. The van der Waals surface area contributed by atoms with Crippen molar-refractivity contribution in [3.63, 3.8) is 0 Å². The number of oxime groups is 1. The molecule has 1 aromatic rings. The van der Waals surface area contributed by atoms with Gasteiger partial charge in [-0.05, 0) is 24.8 Å². The second-order valence-corrected chi connectivity index (χ2v) is 5.07. The number of nitrogens with zero attached hydrogens (tertiary/aromatic N) is 1. The van der Waals surface area contributed by atoms with E-state index in [1.165, 1.54) is 18.6 Å². The van der Waals surface area contributed by atoms with E-state index in [9.17, 15) is 9.18 Å². The van der Waals surface area contributed by atoms with Crippen LogP contribution in [0.2, 0.25) is 0 Å². The van der Waals surface area contributed by atoms with E-state index in [2.05, 4.69) is 10.5 Å². The predicted molar refractivity (Wildman–Crippen MR) is 72.7 cm³/mol. The van der Waals surface area contributed by atoms with Crippen molar-refractivity contribution < 1.29 is 14.4 Å². The van der Waals surface area contributed by atoms with Gasteiger partial charge in [-0.15, -0.1) is 0 Å². The van der Waals surface area contributed by atoms with Gasteiger partial charge in [0.15, 0.2) is 5.84 Å². The van der Waals surface area contributed by atoms with Crippen LogP contribution in [-0.2, 0) is 11.3 Å². The van der Waals surface area contributed by atoms with E-state index in [1.54, 1.807) is 6.07 Å². The summed E-state index contributed by atoms with van der Waals surface area (Å²) in [6.07, 6.45) is 3.93. The zero-order valence-corrected chi connectivity index (χ0v) is 11.1. The summed E-state index contributed by atoms with van der Waals surface area (Å²) in [5, 5.41) is 14.0. The molecule has 108 valence electrons. The zero-order chi connectivity index (χ0) is 14.5. The average Bonchev–Trinajstić information content (AvgIpc) is 2.40. The molecule has 4 N–H and O–H groups in total. The summed E-state index contributed by atoms with van der Waals surface area (Å²) in [7, 11) is 0. The second-order valence-electron chi connectivity index (χ2n) is 5.07. The van der Waals surface area contributed by atoms with Crippen molar-refractivity contribution in [2.75, 3.05) is 0 Å². The molecule has 1 aliphatic rings. The highest BCUT2D eigenvalue weighted by Crippen LogP contribution is 2.29. The Kier molecular flexibility index (Phi) is 4.55. The lowest BCUT2D eigenvalue weighted by atomic mass is 9.83. The number of nitrogens with one attached hydrogen (secondary N) is 1. The van der Waals surface area contributed by atoms with Crippen LogP contribution in [-0.4, -0.2) is 17.0 Å². The van der Waals surface area contributed by atoms with Crippen LogP contribution in [0.3, 0.4) is 0 Å². The first kappa shape index (κ1) is 14.3. The van der Waals surface area contributed by atoms with Gasteiger partial charge >= 0.3 is 0 Å². The average molecular weight is 279 g/mol. The van der Waals surface area contributed by atoms with Gasteiger partial charge in [0.25, 0.3) is 0 Å². The van der Waals surface area contributed by atoms with Gasteiger partial charge in [-0.2, -0.15) is 0 Å². The first-order valence-electron chi connectivity index (χ1n) is 6.63. The number of carbonyl (C=O) groups is 1. The molecule has 5 nitrogen and oxygen atoms in total. The number of rotatable bonds is 5. The molecule has 1 aliphatic carbocycles. The quantitative estimate of drug-likeness (QED) is 0.332. The summed E-state index contributed by atoms with van der Waals surface area (Å²) in [5.74, 6) is -0.195. The molecule has 20 heavy (non-hydrogen) atoms. The van der Waals surface area contributed by atoms with Gasteiger partial charge in [0.05, 0.1) is 0 Å². The normalized spacial score (nSPS) is 15.8. The molecular formula is C14H18FN3O2. The SMILES string of the molecule is N/C(=N/O)c1ccc(CNC(=O)CC2CCC2)c(F)c1. The molecule has 0 unspecified atom stereocenters. The van der Waals surface area contributed by atoms with Crippen molar-refractivity contribution in [1.82, 2.24) is 5.32 Å². The molecular weight excluding hydrogens is 261 g/mol. The van der Waals surface area contributed by atoms with Gasteiger partial charge in [-0.25, -0.2) is 4.39 Å². The summed E-state index contributed by atoms with van der Waals surface area (Å²) < 4.78 is 13.8. The van der Waals surface area contributed by atoms with Crippen LogP contribution in [0, 0.1) is 11.7 Å². The Hall–Kier alpha value is -2.11. The largest absolute Gasteiger partial charge is 0.409 e. The second kappa shape index (κ2) is 6.36. The van der Waals surface area contributed by atoms with Gasteiger partial charge in [0.2, 0.25) is 5.91 Å². The summed E-state index contributed by atoms with van der Waals surface area (Å²) in [5.41, 5.74) is 6.05. The molecule has 1 saturated carbocycles. The van der Waals surface area contributed by atoms with Gasteiger partial charge in [-0.1, -0.05) is 23.7 Å². The van der Waals surface area contributed by atoms with Crippen molar-refractivity contribution in [2.24, 2.45) is 16.8 Å². The van der Waals surface area contributed by atoms with Gasteiger partial charge in [0, 0.05) is 24.1 Å². The predicted octanol–water partition coefficient (Wildman–Crippen LogP) is 1.73. The van der Waals surface area contributed by atoms with Gasteiger partial charge in [0.1, 0.15) is 5.82 Å². The van der Waals surface area contributed by atoms with Crippen LogP contribution in [0.25, 0.3) is 0 Å². The van der Waals surface area contributed by atoms with Crippen LogP contribution in [0.4, 0.5) is 4.39 Å². The number of amidine groups is 1. The smallest absolute Gasteiger partial charge is 0.220 e. The van der Waals surface area contributed by atoms with Crippen LogP contribution >= 0.6 is 0 Å². The Morgan fingerprint density at radius 2 is 2.25 bits per heavy atom. The number of hydrogen-bond donors (Lipinski definition) is 3. The molecule has 0 radical (unpaired) electrons. The Balaban J connectivity index is 1.90. The molecule has 0 aliphatic heterocycles. The zero-order valence-electron chi connectivity index (χ0n) is 11.1. The van der Waals surface area contributed by atoms with Crippen molar-refractivity contribution in [3.05, 3.63) is 35.1 Å². The maximum absolute atomic E-state index is 13.8. The third-order valence-electron chi connectivity index (χ3n) is 3.63. The van der Waals surface area contributed by atoms with Crippen LogP contribution < -0.4 is 11.1 Å². The first-order valence-corrected chi connectivity index (χ1v) is 6.63. The van der Waals surface area contributed by atoms with E-state index in [0.29, 0.717) is 23.5 Å². The van der Waals surface area contributed by atoms with Gasteiger partial charge < -0.3 is 16.3 Å². The molecule has 0 bridgehead atoms. The fraction of sp³-hybridized carbons (Fsp3) is 0.429. The van der Waals surface area contributed by atoms with Crippen LogP contribution in [0.5, 0.6) is 0 Å². The summed E-state index contributed by atoms with van der Waals surface area (Å²) >= 11 is 0.